The SMILES string of the molecule is CC(C)C[C@@H](C(=O)[O-])N1C(=O)/C(=C2/C(=O)N(C)c3ccccc32)SC1=S. The number of fused-ring (bicyclic) bond motifs is 1. The lowest BCUT2D eigenvalue weighted by atomic mass is 10.0. The summed E-state index contributed by atoms with van der Waals surface area (Å²) >= 11 is 6.23. The summed E-state index contributed by atoms with van der Waals surface area (Å²) < 4.78 is 0.132. The molecule has 2 amide bonds. The Morgan fingerprint density at radius 2 is 1.88 bits per heavy atom. The van der Waals surface area contributed by atoms with E-state index in [1.807, 2.05) is 19.9 Å². The van der Waals surface area contributed by atoms with E-state index in [0.717, 1.165) is 16.7 Å². The van der Waals surface area contributed by atoms with Gasteiger partial charge >= 0.3 is 0 Å². The molecule has 2 aliphatic rings. The van der Waals surface area contributed by atoms with Gasteiger partial charge < -0.3 is 14.8 Å². The third-order valence-corrected chi connectivity index (χ3v) is 5.76. The lowest BCUT2D eigenvalue weighted by molar-refractivity contribution is -0.310. The van der Waals surface area contributed by atoms with Gasteiger partial charge in [0.1, 0.15) is 4.32 Å². The fraction of sp³-hybridized carbons (Fsp3) is 0.333. The number of rotatable bonds is 4. The molecule has 8 heteroatoms. The number of carboxylic acid groups (broad SMARTS) is 1. The zero-order valence-corrected chi connectivity index (χ0v) is 16.1. The Morgan fingerprint density at radius 3 is 2.50 bits per heavy atom. The maximum atomic E-state index is 13.0. The number of hydrogen-bond acceptors (Lipinski definition) is 6. The minimum absolute atomic E-state index is 0.0372. The molecule has 1 aromatic carbocycles. The quantitative estimate of drug-likeness (QED) is 0.572. The molecule has 2 heterocycles. The molecule has 0 unspecified atom stereocenters. The molecule has 2 aliphatic heterocycles. The molecular formula is C18H17N2O4S2-. The van der Waals surface area contributed by atoms with Crippen LogP contribution in [0.15, 0.2) is 29.2 Å². The maximum absolute atomic E-state index is 13.0. The van der Waals surface area contributed by atoms with Crippen molar-refractivity contribution < 1.29 is 19.5 Å². The van der Waals surface area contributed by atoms with Crippen molar-refractivity contribution in [3.8, 4) is 0 Å². The molecule has 1 saturated heterocycles. The van der Waals surface area contributed by atoms with E-state index in [1.54, 1.807) is 25.2 Å². The van der Waals surface area contributed by atoms with Crippen LogP contribution in [0.4, 0.5) is 5.69 Å². The van der Waals surface area contributed by atoms with Crippen LogP contribution in [0.25, 0.3) is 5.57 Å². The molecule has 3 rings (SSSR count). The molecule has 0 saturated carbocycles. The van der Waals surface area contributed by atoms with E-state index in [2.05, 4.69) is 0 Å². The summed E-state index contributed by atoms with van der Waals surface area (Å²) in [5.41, 5.74) is 1.62. The average molecular weight is 389 g/mol. The first-order chi connectivity index (χ1) is 12.2. The molecule has 0 aromatic heterocycles. The van der Waals surface area contributed by atoms with Gasteiger partial charge in [-0.1, -0.05) is 56.0 Å². The molecule has 136 valence electrons. The van der Waals surface area contributed by atoms with Gasteiger partial charge in [0.05, 0.1) is 28.2 Å². The number of nitrogens with zero attached hydrogens (tertiary/aromatic N) is 2. The Hall–Kier alpha value is -2.19. The van der Waals surface area contributed by atoms with Crippen LogP contribution in [0.1, 0.15) is 25.8 Å². The van der Waals surface area contributed by atoms with Crippen molar-refractivity contribution in [2.24, 2.45) is 5.92 Å². The molecule has 1 aromatic rings. The number of aliphatic carboxylic acids is 1. The van der Waals surface area contributed by atoms with Gasteiger partial charge in [0, 0.05) is 12.6 Å². The molecule has 1 atom stereocenters. The second kappa shape index (κ2) is 6.85. The summed E-state index contributed by atoms with van der Waals surface area (Å²) in [4.78, 5) is 40.0. The van der Waals surface area contributed by atoms with Gasteiger partial charge in [0.15, 0.2) is 0 Å². The number of para-hydroxylation sites is 1. The molecule has 26 heavy (non-hydrogen) atoms. The van der Waals surface area contributed by atoms with Crippen molar-refractivity contribution in [3.05, 3.63) is 34.7 Å². The lowest BCUT2D eigenvalue weighted by Crippen LogP contribution is -2.50. The van der Waals surface area contributed by atoms with E-state index in [4.69, 9.17) is 12.2 Å². The van der Waals surface area contributed by atoms with E-state index in [0.29, 0.717) is 11.3 Å². The number of anilines is 1. The van der Waals surface area contributed by atoms with Crippen LogP contribution in [0.5, 0.6) is 0 Å². The summed E-state index contributed by atoms with van der Waals surface area (Å²) in [5, 5.41) is 11.6. The van der Waals surface area contributed by atoms with Crippen LogP contribution in [0.2, 0.25) is 0 Å². The Bertz CT molecular complexity index is 863. The Labute approximate surface area is 160 Å². The van der Waals surface area contributed by atoms with Crippen LogP contribution < -0.4 is 10.0 Å². The highest BCUT2D eigenvalue weighted by Gasteiger charge is 2.43. The van der Waals surface area contributed by atoms with Gasteiger partial charge in [-0.3, -0.25) is 14.5 Å². The van der Waals surface area contributed by atoms with E-state index in [9.17, 15) is 19.5 Å². The van der Waals surface area contributed by atoms with Gasteiger partial charge in [-0.05, 0) is 18.4 Å². The standard InChI is InChI=1S/C18H18N2O4S2/c1-9(2)8-12(17(23)24)20-16(22)14(26-18(20)25)13-10-6-4-5-7-11(10)19(3)15(13)21/h4-7,9,12H,8H2,1-3H3,(H,23,24)/p-1/b14-13-/t12-/m0/s1. The second-order valence-electron chi connectivity index (χ2n) is 6.59. The number of thioether (sulfide) groups is 1. The summed E-state index contributed by atoms with van der Waals surface area (Å²) in [6, 6.07) is 6.01. The third-order valence-electron chi connectivity index (χ3n) is 4.36. The lowest BCUT2D eigenvalue weighted by Gasteiger charge is -2.28. The largest absolute Gasteiger partial charge is 0.548 e. The molecule has 0 radical (unpaired) electrons. The van der Waals surface area contributed by atoms with Crippen LogP contribution in [-0.4, -0.2) is 40.1 Å². The third kappa shape index (κ3) is 2.93. The number of thiocarbonyl (C=S) groups is 1. The second-order valence-corrected chi connectivity index (χ2v) is 8.24. The number of carbonyl (C=O) groups is 3. The van der Waals surface area contributed by atoms with Gasteiger partial charge in [-0.25, -0.2) is 0 Å². The topological polar surface area (TPSA) is 80.7 Å². The van der Waals surface area contributed by atoms with E-state index < -0.39 is 17.9 Å². The molecule has 0 aliphatic carbocycles. The highest BCUT2D eigenvalue weighted by Crippen LogP contribution is 2.44. The first-order valence-corrected chi connectivity index (χ1v) is 9.34. The number of benzene rings is 1. The number of carbonyl (C=O) groups excluding carboxylic acids is 3. The van der Waals surface area contributed by atoms with Gasteiger partial charge in [0.25, 0.3) is 11.8 Å². The van der Waals surface area contributed by atoms with Crippen molar-refractivity contribution in [3.63, 3.8) is 0 Å². The summed E-state index contributed by atoms with van der Waals surface area (Å²) in [5.74, 6) is -2.17. The number of likely N-dealkylation sites (N-methyl/N-ethyl adjacent to an activating group) is 1. The van der Waals surface area contributed by atoms with Crippen molar-refractivity contribution in [2.45, 2.75) is 26.3 Å². The normalized spacial score (nSPS) is 21.0. The fourth-order valence-electron chi connectivity index (χ4n) is 3.14. The van der Waals surface area contributed by atoms with Crippen molar-refractivity contribution >= 4 is 57.3 Å². The van der Waals surface area contributed by atoms with Crippen molar-refractivity contribution in [1.82, 2.24) is 4.90 Å². The zero-order chi connectivity index (χ0) is 19.2. The summed E-state index contributed by atoms with van der Waals surface area (Å²) in [6.07, 6.45) is 0.224. The Balaban J connectivity index is 2.08. The smallest absolute Gasteiger partial charge is 0.267 e. The zero-order valence-electron chi connectivity index (χ0n) is 14.5. The summed E-state index contributed by atoms with van der Waals surface area (Å²) in [6.45, 7) is 3.72. The van der Waals surface area contributed by atoms with Crippen molar-refractivity contribution in [1.29, 1.82) is 0 Å². The van der Waals surface area contributed by atoms with E-state index >= 15 is 0 Å². The Kier molecular flexibility index (Phi) is 4.90. The number of amides is 2. The minimum Gasteiger partial charge on any atom is -0.548 e. The monoisotopic (exact) mass is 389 g/mol. The van der Waals surface area contributed by atoms with Gasteiger partial charge in [0.2, 0.25) is 0 Å². The van der Waals surface area contributed by atoms with Crippen molar-refractivity contribution in [2.75, 3.05) is 11.9 Å². The first kappa shape index (κ1) is 18.6. The molecule has 0 spiro atoms. The molecule has 1 fully saturated rings. The molecule has 0 bridgehead atoms. The van der Waals surface area contributed by atoms with Gasteiger partial charge in [-0.15, -0.1) is 0 Å². The number of hydrogen-bond donors (Lipinski definition) is 0. The average Bonchev–Trinajstić information content (AvgIpc) is 2.99. The first-order valence-electron chi connectivity index (χ1n) is 8.12. The minimum atomic E-state index is -1.35. The highest BCUT2D eigenvalue weighted by molar-refractivity contribution is 8.26. The van der Waals surface area contributed by atoms with Crippen LogP contribution in [-0.2, 0) is 14.4 Å². The highest BCUT2D eigenvalue weighted by atomic mass is 32.2. The van der Waals surface area contributed by atoms with Crippen LogP contribution >= 0.6 is 24.0 Å². The van der Waals surface area contributed by atoms with E-state index in [-0.39, 0.29) is 33.0 Å². The molecular weight excluding hydrogens is 372 g/mol. The Morgan fingerprint density at radius 1 is 1.23 bits per heavy atom. The molecule has 6 nitrogen and oxygen atoms in total. The predicted molar refractivity (Wildman–Crippen MR) is 102 cm³/mol. The number of carboxylic acids is 1. The summed E-state index contributed by atoms with van der Waals surface area (Å²) in [7, 11) is 1.64. The van der Waals surface area contributed by atoms with Gasteiger partial charge in [-0.2, -0.15) is 0 Å². The maximum Gasteiger partial charge on any atom is 0.267 e. The van der Waals surface area contributed by atoms with Crippen LogP contribution in [0.3, 0.4) is 0 Å². The van der Waals surface area contributed by atoms with E-state index in [1.165, 1.54) is 4.90 Å². The predicted octanol–water partition coefficient (Wildman–Crippen LogP) is 1.40. The fourth-order valence-corrected chi connectivity index (χ4v) is 4.57. The molecule has 0 N–H and O–H groups in total. The van der Waals surface area contributed by atoms with Crippen LogP contribution in [0, 0.1) is 5.92 Å².